The van der Waals surface area contributed by atoms with E-state index in [1.54, 1.807) is 17.3 Å². The van der Waals surface area contributed by atoms with E-state index in [1.807, 2.05) is 24.3 Å². The van der Waals surface area contributed by atoms with Gasteiger partial charge in [-0.05, 0) is 18.2 Å². The van der Waals surface area contributed by atoms with E-state index in [0.717, 1.165) is 11.4 Å². The summed E-state index contributed by atoms with van der Waals surface area (Å²) in [7, 11) is 0. The van der Waals surface area contributed by atoms with E-state index < -0.39 is 6.10 Å². The molecule has 1 atom stereocenters. The second-order valence-corrected chi connectivity index (χ2v) is 4.20. The number of carbonyl (C=O) groups excluding carboxylic acids is 1. The van der Waals surface area contributed by atoms with Crippen LogP contribution in [0.1, 0.15) is 6.42 Å². The van der Waals surface area contributed by atoms with E-state index in [1.165, 1.54) is 4.80 Å². The van der Waals surface area contributed by atoms with Crippen LogP contribution >= 0.6 is 0 Å². The summed E-state index contributed by atoms with van der Waals surface area (Å²) in [6.07, 6.45) is 2.79. The van der Waals surface area contributed by atoms with Crippen molar-refractivity contribution in [1.29, 1.82) is 0 Å². The van der Waals surface area contributed by atoms with E-state index in [2.05, 4.69) is 10.2 Å². The number of aromatic nitrogens is 3. The van der Waals surface area contributed by atoms with Crippen molar-refractivity contribution >= 4 is 11.6 Å². The Bertz CT molecular complexity index is 567. The van der Waals surface area contributed by atoms with Crippen molar-refractivity contribution in [1.82, 2.24) is 15.0 Å². The largest absolute Gasteiger partial charge is 0.391 e. The molecule has 6 heteroatoms. The molecule has 6 nitrogen and oxygen atoms in total. The van der Waals surface area contributed by atoms with Gasteiger partial charge in [0, 0.05) is 5.69 Å². The fraction of sp³-hybridized carbons (Fsp3) is 0.250. The molecule has 1 aromatic heterocycles. The van der Waals surface area contributed by atoms with E-state index in [0.29, 0.717) is 6.54 Å². The number of nitrogens with zero attached hydrogens (tertiary/aromatic N) is 4. The van der Waals surface area contributed by atoms with Crippen LogP contribution < -0.4 is 4.90 Å². The lowest BCUT2D eigenvalue weighted by molar-refractivity contribution is -0.117. The second-order valence-electron chi connectivity index (χ2n) is 4.20. The first-order valence-corrected chi connectivity index (χ1v) is 5.69. The van der Waals surface area contributed by atoms with Gasteiger partial charge in [-0.15, -0.1) is 0 Å². The summed E-state index contributed by atoms with van der Waals surface area (Å²) < 4.78 is 0. The number of benzene rings is 1. The summed E-state index contributed by atoms with van der Waals surface area (Å²) in [5.74, 6) is -0.0620. The number of amides is 1. The van der Waals surface area contributed by atoms with Crippen LogP contribution in [0, 0.1) is 0 Å². The Morgan fingerprint density at radius 2 is 1.94 bits per heavy atom. The van der Waals surface area contributed by atoms with Crippen molar-refractivity contribution in [2.45, 2.75) is 12.5 Å². The zero-order valence-electron chi connectivity index (χ0n) is 9.60. The normalized spacial score (nSPS) is 19.5. The summed E-state index contributed by atoms with van der Waals surface area (Å²) in [5, 5.41) is 17.6. The minimum atomic E-state index is -0.580. The molecule has 1 fully saturated rings. The van der Waals surface area contributed by atoms with Gasteiger partial charge in [-0.2, -0.15) is 15.0 Å². The monoisotopic (exact) mass is 244 g/mol. The minimum absolute atomic E-state index is 0.0620. The van der Waals surface area contributed by atoms with Gasteiger partial charge in [0.25, 0.3) is 0 Å². The van der Waals surface area contributed by atoms with Crippen molar-refractivity contribution in [3.63, 3.8) is 0 Å². The molecule has 0 saturated carbocycles. The lowest BCUT2D eigenvalue weighted by Crippen LogP contribution is -2.25. The molecule has 18 heavy (non-hydrogen) atoms. The highest BCUT2D eigenvalue weighted by atomic mass is 16.3. The first kappa shape index (κ1) is 10.9. The highest BCUT2D eigenvalue weighted by molar-refractivity contribution is 5.96. The summed E-state index contributed by atoms with van der Waals surface area (Å²) in [6, 6.07) is 7.37. The lowest BCUT2D eigenvalue weighted by atomic mass is 10.2. The lowest BCUT2D eigenvalue weighted by Gasteiger charge is -2.16. The Kier molecular flexibility index (Phi) is 2.56. The fourth-order valence-electron chi connectivity index (χ4n) is 2.07. The predicted molar refractivity (Wildman–Crippen MR) is 64.3 cm³/mol. The average molecular weight is 244 g/mol. The van der Waals surface area contributed by atoms with Crippen molar-refractivity contribution in [3.05, 3.63) is 36.7 Å². The maximum atomic E-state index is 11.7. The van der Waals surface area contributed by atoms with E-state index in [9.17, 15) is 9.90 Å². The molecule has 1 aliphatic rings. The van der Waals surface area contributed by atoms with Crippen molar-refractivity contribution in [2.75, 3.05) is 11.4 Å². The summed E-state index contributed by atoms with van der Waals surface area (Å²) in [5.41, 5.74) is 1.54. The van der Waals surface area contributed by atoms with Gasteiger partial charge >= 0.3 is 0 Å². The fourth-order valence-corrected chi connectivity index (χ4v) is 2.07. The third-order valence-corrected chi connectivity index (χ3v) is 2.90. The van der Waals surface area contributed by atoms with Gasteiger partial charge in [0.15, 0.2) is 0 Å². The quantitative estimate of drug-likeness (QED) is 0.828. The maximum absolute atomic E-state index is 11.7. The maximum Gasteiger partial charge on any atom is 0.229 e. The molecule has 1 unspecified atom stereocenters. The van der Waals surface area contributed by atoms with Crippen LogP contribution in [0.2, 0.25) is 0 Å². The number of aliphatic hydroxyl groups excluding tert-OH is 1. The Morgan fingerprint density at radius 1 is 1.22 bits per heavy atom. The average Bonchev–Trinajstić information content (AvgIpc) is 2.99. The SMILES string of the molecule is O=C1CC(O)CN1c1cccc(-n2nccn2)c1. The number of hydrogen-bond acceptors (Lipinski definition) is 4. The van der Waals surface area contributed by atoms with Gasteiger partial charge in [0.1, 0.15) is 0 Å². The minimum Gasteiger partial charge on any atom is -0.391 e. The first-order valence-electron chi connectivity index (χ1n) is 5.69. The van der Waals surface area contributed by atoms with Gasteiger partial charge in [-0.3, -0.25) is 4.79 Å². The standard InChI is InChI=1S/C12H12N4O2/c17-11-7-12(18)15(8-11)9-2-1-3-10(6-9)16-13-4-5-14-16/h1-6,11,17H,7-8H2. The van der Waals surface area contributed by atoms with Crippen LogP contribution in [0.5, 0.6) is 0 Å². The number of anilines is 1. The third kappa shape index (κ3) is 1.86. The van der Waals surface area contributed by atoms with E-state index in [4.69, 9.17) is 0 Å². The first-order chi connectivity index (χ1) is 8.74. The van der Waals surface area contributed by atoms with Gasteiger partial charge in [0.05, 0.1) is 37.2 Å². The van der Waals surface area contributed by atoms with Crippen molar-refractivity contribution < 1.29 is 9.90 Å². The number of aliphatic hydroxyl groups is 1. The van der Waals surface area contributed by atoms with Gasteiger partial charge < -0.3 is 10.0 Å². The van der Waals surface area contributed by atoms with Crippen LogP contribution in [0.3, 0.4) is 0 Å². The topological polar surface area (TPSA) is 71.2 Å². The molecule has 1 aromatic carbocycles. The van der Waals surface area contributed by atoms with Crippen molar-refractivity contribution in [2.24, 2.45) is 0 Å². The zero-order valence-corrected chi connectivity index (χ0v) is 9.60. The number of β-amino-alcohol motifs (C(OH)–C–C–N with tert-alkyl or cyclic N) is 1. The number of hydrogen-bond donors (Lipinski definition) is 1. The van der Waals surface area contributed by atoms with E-state index in [-0.39, 0.29) is 12.3 Å². The van der Waals surface area contributed by atoms with Crippen LogP contribution in [0.25, 0.3) is 5.69 Å². The molecule has 0 bridgehead atoms. The molecule has 2 aromatic rings. The van der Waals surface area contributed by atoms with Crippen molar-refractivity contribution in [3.8, 4) is 5.69 Å². The van der Waals surface area contributed by atoms with Gasteiger partial charge in [-0.25, -0.2) is 0 Å². The Morgan fingerprint density at radius 3 is 2.61 bits per heavy atom. The molecule has 1 aliphatic heterocycles. The molecule has 0 radical (unpaired) electrons. The highest BCUT2D eigenvalue weighted by Crippen LogP contribution is 2.23. The molecule has 1 amide bonds. The van der Waals surface area contributed by atoms with Gasteiger partial charge in [0.2, 0.25) is 5.91 Å². The molecule has 3 rings (SSSR count). The highest BCUT2D eigenvalue weighted by Gasteiger charge is 2.29. The molecular weight excluding hydrogens is 232 g/mol. The summed E-state index contributed by atoms with van der Waals surface area (Å²) >= 11 is 0. The molecule has 2 heterocycles. The summed E-state index contributed by atoms with van der Waals surface area (Å²) in [6.45, 7) is 0.342. The van der Waals surface area contributed by atoms with Gasteiger partial charge in [-0.1, -0.05) is 6.07 Å². The van der Waals surface area contributed by atoms with Crippen LogP contribution in [0.15, 0.2) is 36.7 Å². The van der Waals surface area contributed by atoms with E-state index >= 15 is 0 Å². The Labute approximate surface area is 103 Å². The smallest absolute Gasteiger partial charge is 0.229 e. The van der Waals surface area contributed by atoms with Crippen LogP contribution in [-0.2, 0) is 4.79 Å². The Hall–Kier alpha value is -2.21. The third-order valence-electron chi connectivity index (χ3n) is 2.90. The molecule has 0 spiro atoms. The number of rotatable bonds is 2. The molecule has 1 N–H and O–H groups in total. The molecule has 1 saturated heterocycles. The zero-order chi connectivity index (χ0) is 12.5. The molecule has 0 aliphatic carbocycles. The molecule has 92 valence electrons. The van der Waals surface area contributed by atoms with Crippen LogP contribution in [0.4, 0.5) is 5.69 Å². The van der Waals surface area contributed by atoms with Crippen LogP contribution in [-0.4, -0.2) is 38.7 Å². The number of carbonyl (C=O) groups is 1. The predicted octanol–water partition coefficient (Wildman–Crippen LogP) is 0.365. The summed E-state index contributed by atoms with van der Waals surface area (Å²) in [4.78, 5) is 14.8. The molecular formula is C12H12N4O2. The second kappa shape index (κ2) is 4.23. The Balaban J connectivity index is 1.94.